The molecule has 2 aromatic heterocycles. The maximum atomic E-state index is 11.9. The van der Waals surface area contributed by atoms with Crippen LogP contribution in [0.5, 0.6) is 0 Å². The van der Waals surface area contributed by atoms with E-state index >= 15 is 0 Å². The first-order valence-electron chi connectivity index (χ1n) is 9.73. The van der Waals surface area contributed by atoms with E-state index in [0.29, 0.717) is 24.9 Å². The maximum Gasteiger partial charge on any atom is 0.306 e. The number of hydrogen-bond acceptors (Lipinski definition) is 5. The third-order valence-corrected chi connectivity index (χ3v) is 5.35. The van der Waals surface area contributed by atoms with E-state index in [2.05, 4.69) is 23.0 Å². The van der Waals surface area contributed by atoms with Gasteiger partial charge in [0.1, 0.15) is 5.82 Å². The summed E-state index contributed by atoms with van der Waals surface area (Å²) in [5.41, 5.74) is 3.26. The molecule has 2 unspecified atom stereocenters. The molecule has 0 bridgehead atoms. The fourth-order valence-electron chi connectivity index (χ4n) is 3.99. The molecule has 6 heteroatoms. The van der Waals surface area contributed by atoms with Gasteiger partial charge in [0.25, 0.3) is 0 Å². The van der Waals surface area contributed by atoms with Gasteiger partial charge in [0, 0.05) is 43.8 Å². The highest BCUT2D eigenvalue weighted by atomic mass is 16.5. The molecule has 26 heavy (non-hydrogen) atoms. The lowest BCUT2D eigenvalue weighted by molar-refractivity contribution is -0.144. The summed E-state index contributed by atoms with van der Waals surface area (Å²) in [6, 6.07) is 2.16. The van der Waals surface area contributed by atoms with Gasteiger partial charge in [0.15, 0.2) is 5.65 Å². The number of rotatable bonds is 6. The number of nitrogens with zero attached hydrogens (tertiary/aromatic N) is 4. The van der Waals surface area contributed by atoms with Crippen molar-refractivity contribution in [3.05, 3.63) is 23.5 Å². The van der Waals surface area contributed by atoms with Gasteiger partial charge >= 0.3 is 5.97 Å². The number of fused-ring (bicyclic) bond motifs is 1. The zero-order valence-electron chi connectivity index (χ0n) is 16.4. The Morgan fingerprint density at radius 2 is 2.15 bits per heavy atom. The van der Waals surface area contributed by atoms with Crippen molar-refractivity contribution in [1.29, 1.82) is 0 Å². The van der Waals surface area contributed by atoms with Gasteiger partial charge < -0.3 is 9.64 Å². The second-order valence-corrected chi connectivity index (χ2v) is 7.43. The number of ether oxygens (including phenoxy) is 1. The van der Waals surface area contributed by atoms with Gasteiger partial charge in [-0.15, -0.1) is 0 Å². The molecule has 0 amide bonds. The Bertz CT molecular complexity index is 769. The summed E-state index contributed by atoms with van der Waals surface area (Å²) >= 11 is 0. The molecule has 3 rings (SSSR count). The molecule has 6 nitrogen and oxygen atoms in total. The molecule has 0 aliphatic heterocycles. The predicted octanol–water partition coefficient (Wildman–Crippen LogP) is 3.58. The van der Waals surface area contributed by atoms with Gasteiger partial charge in [0.05, 0.1) is 12.8 Å². The quantitative estimate of drug-likeness (QED) is 0.739. The second kappa shape index (κ2) is 8.06. The van der Waals surface area contributed by atoms with Crippen LogP contribution in [-0.4, -0.2) is 41.3 Å². The first kappa shape index (κ1) is 18.7. The van der Waals surface area contributed by atoms with Gasteiger partial charge in [-0.3, -0.25) is 4.79 Å². The molecule has 0 N–H and O–H groups in total. The minimum absolute atomic E-state index is 0.0698. The van der Waals surface area contributed by atoms with Crippen molar-refractivity contribution < 1.29 is 9.53 Å². The third-order valence-electron chi connectivity index (χ3n) is 5.35. The minimum Gasteiger partial charge on any atom is -0.466 e. The lowest BCUT2D eigenvalue weighted by Gasteiger charge is -2.29. The number of carbonyl (C=O) groups excluding carboxylic acids is 1. The summed E-state index contributed by atoms with van der Waals surface area (Å²) in [5.74, 6) is 1.77. The van der Waals surface area contributed by atoms with Crippen LogP contribution in [0.1, 0.15) is 63.1 Å². The van der Waals surface area contributed by atoms with Crippen LogP contribution in [0.15, 0.2) is 12.3 Å². The molecule has 0 radical (unpaired) electrons. The van der Waals surface area contributed by atoms with Crippen LogP contribution in [0.2, 0.25) is 0 Å². The van der Waals surface area contributed by atoms with Crippen molar-refractivity contribution in [3.63, 3.8) is 0 Å². The van der Waals surface area contributed by atoms with Crippen molar-refractivity contribution >= 4 is 17.4 Å². The molecule has 142 valence electrons. The maximum absolute atomic E-state index is 11.9. The molecule has 1 saturated carbocycles. The number of carbonyl (C=O) groups is 1. The van der Waals surface area contributed by atoms with E-state index in [0.717, 1.165) is 49.3 Å². The molecular weight excluding hydrogens is 328 g/mol. The van der Waals surface area contributed by atoms with Gasteiger partial charge in [-0.1, -0.05) is 13.3 Å². The molecule has 0 saturated heterocycles. The number of aryl methyl sites for hydroxylation is 1. The minimum atomic E-state index is -0.0698. The standard InChI is InChI=1S/C20H30N4O2/c1-5-15-13-21-24-18(23(3)4)12-17(22-20(15)24)16-9-7-8-14(10-16)11-19(25)26-6-2/h12-14,16H,5-11H2,1-4H3. The second-order valence-electron chi connectivity index (χ2n) is 7.43. The van der Waals surface area contributed by atoms with Crippen LogP contribution in [0.25, 0.3) is 5.65 Å². The molecular formula is C20H30N4O2. The van der Waals surface area contributed by atoms with Crippen LogP contribution in [0, 0.1) is 5.92 Å². The van der Waals surface area contributed by atoms with Gasteiger partial charge in [0.2, 0.25) is 0 Å². The van der Waals surface area contributed by atoms with Crippen LogP contribution in [0.3, 0.4) is 0 Å². The highest BCUT2D eigenvalue weighted by molar-refractivity contribution is 5.69. The lowest BCUT2D eigenvalue weighted by Crippen LogP contribution is -2.21. The predicted molar refractivity (Wildman–Crippen MR) is 103 cm³/mol. The van der Waals surface area contributed by atoms with Gasteiger partial charge in [-0.05, 0) is 38.5 Å². The van der Waals surface area contributed by atoms with Crippen LogP contribution < -0.4 is 4.90 Å². The SMILES string of the molecule is CCOC(=O)CC1CCCC(c2cc(N(C)C)n3ncc(CC)c3n2)C1. The molecule has 1 aliphatic carbocycles. The first-order valence-corrected chi connectivity index (χ1v) is 9.73. The molecule has 0 spiro atoms. The summed E-state index contributed by atoms with van der Waals surface area (Å²) in [6.07, 6.45) is 7.74. The molecule has 2 aromatic rings. The summed E-state index contributed by atoms with van der Waals surface area (Å²) in [7, 11) is 4.08. The third kappa shape index (κ3) is 3.84. The topological polar surface area (TPSA) is 59.7 Å². The normalized spacial score (nSPS) is 20.3. The Balaban J connectivity index is 1.87. The van der Waals surface area contributed by atoms with E-state index in [1.807, 2.05) is 31.7 Å². The van der Waals surface area contributed by atoms with Crippen molar-refractivity contribution in [1.82, 2.24) is 14.6 Å². The lowest BCUT2D eigenvalue weighted by atomic mass is 9.78. The Labute approximate surface area is 155 Å². The highest BCUT2D eigenvalue weighted by Gasteiger charge is 2.27. The Hall–Kier alpha value is -2.11. The Morgan fingerprint density at radius 1 is 1.35 bits per heavy atom. The average Bonchev–Trinajstić information content (AvgIpc) is 3.04. The van der Waals surface area contributed by atoms with E-state index < -0.39 is 0 Å². The average molecular weight is 358 g/mol. The zero-order valence-corrected chi connectivity index (χ0v) is 16.4. The van der Waals surface area contributed by atoms with Crippen LogP contribution in [0.4, 0.5) is 5.82 Å². The number of aromatic nitrogens is 3. The fraction of sp³-hybridized carbons (Fsp3) is 0.650. The van der Waals surface area contributed by atoms with E-state index in [9.17, 15) is 4.79 Å². The van der Waals surface area contributed by atoms with Gasteiger partial charge in [-0.25, -0.2) is 4.98 Å². The first-order chi connectivity index (χ1) is 12.5. The highest BCUT2D eigenvalue weighted by Crippen LogP contribution is 2.38. The number of esters is 1. The van der Waals surface area contributed by atoms with Gasteiger partial charge in [-0.2, -0.15) is 9.61 Å². The molecule has 1 fully saturated rings. The van der Waals surface area contributed by atoms with E-state index in [4.69, 9.17) is 9.72 Å². The summed E-state index contributed by atoms with van der Waals surface area (Å²) in [6.45, 7) is 4.46. The Kier molecular flexibility index (Phi) is 5.79. The largest absolute Gasteiger partial charge is 0.466 e. The summed E-state index contributed by atoms with van der Waals surface area (Å²) in [5, 5.41) is 4.52. The number of anilines is 1. The van der Waals surface area contributed by atoms with Crippen molar-refractivity contribution in [3.8, 4) is 0 Å². The van der Waals surface area contributed by atoms with E-state index in [1.165, 1.54) is 5.56 Å². The van der Waals surface area contributed by atoms with Crippen LogP contribution >= 0.6 is 0 Å². The molecule has 0 aromatic carbocycles. The molecule has 2 heterocycles. The zero-order chi connectivity index (χ0) is 18.7. The van der Waals surface area contributed by atoms with Crippen molar-refractivity contribution in [2.75, 3.05) is 25.6 Å². The fourth-order valence-corrected chi connectivity index (χ4v) is 3.99. The van der Waals surface area contributed by atoms with E-state index in [1.54, 1.807) is 0 Å². The summed E-state index contributed by atoms with van der Waals surface area (Å²) in [4.78, 5) is 18.9. The smallest absolute Gasteiger partial charge is 0.306 e. The monoisotopic (exact) mass is 358 g/mol. The molecule has 1 aliphatic rings. The van der Waals surface area contributed by atoms with E-state index in [-0.39, 0.29) is 5.97 Å². The summed E-state index contributed by atoms with van der Waals surface area (Å²) < 4.78 is 7.07. The van der Waals surface area contributed by atoms with Crippen molar-refractivity contribution in [2.24, 2.45) is 5.92 Å². The Morgan fingerprint density at radius 3 is 2.85 bits per heavy atom. The van der Waals surface area contributed by atoms with Crippen LogP contribution in [-0.2, 0) is 16.0 Å². The van der Waals surface area contributed by atoms with Crippen molar-refractivity contribution in [2.45, 2.75) is 58.3 Å². The molecule has 2 atom stereocenters. The number of hydrogen-bond donors (Lipinski definition) is 0.